The number of hydrogen-bond donors (Lipinski definition) is 1. The van der Waals surface area contributed by atoms with Gasteiger partial charge in [0.2, 0.25) is 15.9 Å². The van der Waals surface area contributed by atoms with E-state index >= 15 is 0 Å². The third kappa shape index (κ3) is 4.89. The first-order valence-corrected chi connectivity index (χ1v) is 11.5. The van der Waals surface area contributed by atoms with E-state index in [4.69, 9.17) is 0 Å². The highest BCUT2D eigenvalue weighted by molar-refractivity contribution is 7.88. The SMILES string of the molecule is O=C(CCC(=O)c1ccccc1)Nn1ncc2c1CN(S(=O)(=O)Cc1ccccc1)C2. The summed E-state index contributed by atoms with van der Waals surface area (Å²) in [4.78, 5) is 25.8. The summed E-state index contributed by atoms with van der Waals surface area (Å²) >= 11 is 0. The number of Topliss-reactive ketones (excluding diaryl/α,β-unsaturated/α-hetero) is 1. The van der Waals surface area contributed by atoms with Crippen LogP contribution in [0.1, 0.15) is 40.0 Å². The lowest BCUT2D eigenvalue weighted by atomic mass is 10.1. The molecule has 0 radical (unpaired) electrons. The summed E-state index contributed by atoms with van der Waals surface area (Å²) in [6.45, 7) is 0.348. The van der Waals surface area contributed by atoms with E-state index < -0.39 is 10.0 Å². The molecule has 0 spiro atoms. The normalized spacial score (nSPS) is 13.7. The molecule has 0 aliphatic carbocycles. The lowest BCUT2D eigenvalue weighted by Crippen LogP contribution is -2.30. The zero-order chi connectivity index (χ0) is 21.8. The molecule has 1 amide bonds. The van der Waals surface area contributed by atoms with Gasteiger partial charge in [0.15, 0.2) is 5.78 Å². The van der Waals surface area contributed by atoms with Crippen LogP contribution < -0.4 is 5.43 Å². The minimum Gasteiger partial charge on any atom is -0.294 e. The summed E-state index contributed by atoms with van der Waals surface area (Å²) < 4.78 is 27.0. The molecule has 2 aromatic carbocycles. The molecule has 0 atom stereocenters. The van der Waals surface area contributed by atoms with Crippen LogP contribution in [0.3, 0.4) is 0 Å². The summed E-state index contributed by atoms with van der Waals surface area (Å²) in [6.07, 6.45) is 1.65. The highest BCUT2D eigenvalue weighted by atomic mass is 32.2. The van der Waals surface area contributed by atoms with Crippen molar-refractivity contribution in [3.63, 3.8) is 0 Å². The maximum Gasteiger partial charge on any atom is 0.240 e. The number of nitrogens with one attached hydrogen (secondary N) is 1. The van der Waals surface area contributed by atoms with Gasteiger partial charge in [-0.05, 0) is 5.56 Å². The van der Waals surface area contributed by atoms with Crippen LogP contribution in [0.2, 0.25) is 0 Å². The van der Waals surface area contributed by atoms with Gasteiger partial charge in [0.05, 0.1) is 24.2 Å². The largest absolute Gasteiger partial charge is 0.294 e. The fourth-order valence-corrected chi connectivity index (χ4v) is 4.91. The van der Waals surface area contributed by atoms with Crippen LogP contribution in [-0.4, -0.2) is 34.3 Å². The number of hydrogen-bond acceptors (Lipinski definition) is 5. The molecule has 9 heteroatoms. The monoisotopic (exact) mass is 438 g/mol. The lowest BCUT2D eigenvalue weighted by molar-refractivity contribution is -0.117. The third-order valence-electron chi connectivity index (χ3n) is 5.12. The molecule has 0 saturated heterocycles. The number of aromatic nitrogens is 2. The van der Waals surface area contributed by atoms with E-state index in [0.29, 0.717) is 11.3 Å². The van der Waals surface area contributed by atoms with Crippen LogP contribution in [0.15, 0.2) is 66.9 Å². The van der Waals surface area contributed by atoms with E-state index in [1.165, 1.54) is 9.10 Å². The second kappa shape index (κ2) is 8.83. The Morgan fingerprint density at radius 2 is 1.61 bits per heavy atom. The first kappa shape index (κ1) is 21.0. The molecule has 1 aromatic heterocycles. The highest BCUT2D eigenvalue weighted by Crippen LogP contribution is 2.26. The Kier molecular flexibility index (Phi) is 5.97. The maximum atomic E-state index is 12.8. The van der Waals surface area contributed by atoms with Gasteiger partial charge in [-0.25, -0.2) is 13.8 Å². The zero-order valence-corrected chi connectivity index (χ0v) is 17.6. The third-order valence-corrected chi connectivity index (χ3v) is 6.86. The van der Waals surface area contributed by atoms with Crippen molar-refractivity contribution in [1.29, 1.82) is 0 Å². The van der Waals surface area contributed by atoms with Gasteiger partial charge in [-0.3, -0.25) is 9.59 Å². The smallest absolute Gasteiger partial charge is 0.240 e. The molecule has 31 heavy (non-hydrogen) atoms. The van der Waals surface area contributed by atoms with E-state index in [0.717, 1.165) is 11.1 Å². The van der Waals surface area contributed by atoms with Crippen molar-refractivity contribution in [2.75, 3.05) is 5.43 Å². The number of benzene rings is 2. The van der Waals surface area contributed by atoms with Crippen molar-refractivity contribution in [2.24, 2.45) is 0 Å². The molecule has 1 aliphatic heterocycles. The molecule has 4 rings (SSSR count). The number of carbonyl (C=O) groups is 2. The summed E-state index contributed by atoms with van der Waals surface area (Å²) in [5, 5.41) is 4.14. The molecule has 2 heterocycles. The molecule has 0 fully saturated rings. The number of ketones is 1. The summed E-state index contributed by atoms with van der Waals surface area (Å²) in [7, 11) is -3.51. The number of amides is 1. The van der Waals surface area contributed by atoms with Crippen molar-refractivity contribution < 1.29 is 18.0 Å². The molecule has 0 unspecified atom stereocenters. The topological polar surface area (TPSA) is 101 Å². The van der Waals surface area contributed by atoms with Crippen molar-refractivity contribution in [1.82, 2.24) is 14.2 Å². The minimum atomic E-state index is -3.51. The molecule has 1 N–H and O–H groups in total. The summed E-state index contributed by atoms with van der Waals surface area (Å²) in [5.74, 6) is -0.556. The average Bonchev–Trinajstić information content (AvgIpc) is 3.36. The van der Waals surface area contributed by atoms with E-state index in [1.54, 1.807) is 54.7 Å². The Labute approximate surface area is 180 Å². The number of rotatable bonds is 8. The van der Waals surface area contributed by atoms with Gasteiger partial charge < -0.3 is 0 Å². The fraction of sp³-hybridized carbons (Fsp3) is 0.227. The van der Waals surface area contributed by atoms with Gasteiger partial charge in [0, 0.05) is 30.5 Å². The van der Waals surface area contributed by atoms with Gasteiger partial charge in [-0.1, -0.05) is 60.7 Å². The van der Waals surface area contributed by atoms with Crippen molar-refractivity contribution in [3.8, 4) is 0 Å². The van der Waals surface area contributed by atoms with Gasteiger partial charge >= 0.3 is 0 Å². The molecular weight excluding hydrogens is 416 g/mol. The van der Waals surface area contributed by atoms with Crippen LogP contribution >= 0.6 is 0 Å². The predicted octanol–water partition coefficient (Wildman–Crippen LogP) is 2.46. The minimum absolute atomic E-state index is 0.0123. The number of fused-ring (bicyclic) bond motifs is 1. The Hall–Kier alpha value is -3.30. The highest BCUT2D eigenvalue weighted by Gasteiger charge is 2.32. The number of sulfonamides is 1. The Bertz CT molecular complexity index is 1190. The summed E-state index contributed by atoms with van der Waals surface area (Å²) in [5.41, 5.74) is 5.30. The van der Waals surface area contributed by atoms with Gasteiger partial charge in [-0.2, -0.15) is 14.2 Å². The zero-order valence-electron chi connectivity index (χ0n) is 16.8. The second-order valence-electron chi connectivity index (χ2n) is 7.36. The standard InChI is InChI=1S/C22H22N4O4S/c27-21(18-9-5-2-6-10-18)11-12-22(28)24-26-20-15-25(14-19(20)13-23-26)31(29,30)16-17-7-3-1-4-8-17/h1-10,13H,11-12,14-16H2,(H,24,28). The summed E-state index contributed by atoms with van der Waals surface area (Å²) in [6, 6.07) is 17.8. The van der Waals surface area contributed by atoms with Gasteiger partial charge in [0.25, 0.3) is 0 Å². The molecule has 1 aliphatic rings. The second-order valence-corrected chi connectivity index (χ2v) is 9.33. The molecular formula is C22H22N4O4S. The van der Waals surface area contributed by atoms with Crippen LogP contribution in [0.25, 0.3) is 0 Å². The quantitative estimate of drug-likeness (QED) is 0.545. The number of nitrogens with zero attached hydrogens (tertiary/aromatic N) is 3. The lowest BCUT2D eigenvalue weighted by Gasteiger charge is -2.16. The molecule has 0 saturated carbocycles. The van der Waals surface area contributed by atoms with E-state index in [9.17, 15) is 18.0 Å². The maximum absolute atomic E-state index is 12.8. The van der Waals surface area contributed by atoms with Crippen LogP contribution in [0, 0.1) is 0 Å². The van der Waals surface area contributed by atoms with E-state index in [2.05, 4.69) is 10.5 Å². The predicted molar refractivity (Wildman–Crippen MR) is 115 cm³/mol. The Morgan fingerprint density at radius 3 is 2.32 bits per heavy atom. The van der Waals surface area contributed by atoms with Crippen molar-refractivity contribution in [2.45, 2.75) is 31.7 Å². The van der Waals surface area contributed by atoms with Gasteiger partial charge in [-0.15, -0.1) is 0 Å². The van der Waals surface area contributed by atoms with E-state index in [-0.39, 0.29) is 43.4 Å². The van der Waals surface area contributed by atoms with Crippen molar-refractivity contribution >= 4 is 21.7 Å². The van der Waals surface area contributed by atoms with Crippen LogP contribution in [-0.2, 0) is 33.7 Å². The Morgan fingerprint density at radius 1 is 0.935 bits per heavy atom. The van der Waals surface area contributed by atoms with Crippen LogP contribution in [0.5, 0.6) is 0 Å². The first-order chi connectivity index (χ1) is 14.9. The molecule has 0 bridgehead atoms. The average molecular weight is 439 g/mol. The molecule has 8 nitrogen and oxygen atoms in total. The molecule has 160 valence electrons. The van der Waals surface area contributed by atoms with E-state index in [1.807, 2.05) is 12.1 Å². The van der Waals surface area contributed by atoms with Gasteiger partial charge in [0.1, 0.15) is 0 Å². The first-order valence-electron chi connectivity index (χ1n) is 9.88. The molecule has 3 aromatic rings. The van der Waals surface area contributed by atoms with Crippen molar-refractivity contribution in [3.05, 3.63) is 89.2 Å². The fourth-order valence-electron chi connectivity index (χ4n) is 3.46. The Balaban J connectivity index is 1.35. The van der Waals surface area contributed by atoms with Crippen LogP contribution in [0.4, 0.5) is 0 Å². The number of carbonyl (C=O) groups excluding carboxylic acids is 2.